The van der Waals surface area contributed by atoms with Crippen molar-refractivity contribution in [3.8, 4) is 0 Å². The fourth-order valence-corrected chi connectivity index (χ4v) is 4.17. The summed E-state index contributed by atoms with van der Waals surface area (Å²) in [6, 6.07) is 0.584. The van der Waals surface area contributed by atoms with Gasteiger partial charge in [-0.2, -0.15) is 0 Å². The molecule has 1 aliphatic rings. The smallest absolute Gasteiger partial charge is 0.186 e. The van der Waals surface area contributed by atoms with Crippen LogP contribution >= 0.6 is 11.3 Å². The van der Waals surface area contributed by atoms with Crippen LogP contribution in [0.5, 0.6) is 0 Å². The summed E-state index contributed by atoms with van der Waals surface area (Å²) in [5, 5.41) is 4.61. The van der Waals surface area contributed by atoms with E-state index in [9.17, 15) is 0 Å². The summed E-state index contributed by atoms with van der Waals surface area (Å²) in [6.07, 6.45) is 1.33. The monoisotopic (exact) mass is 311 g/mol. The first-order valence-electron chi connectivity index (χ1n) is 7.95. The van der Waals surface area contributed by atoms with Crippen LogP contribution in [0.3, 0.4) is 0 Å². The second kappa shape index (κ2) is 7.56. The van der Waals surface area contributed by atoms with Crippen LogP contribution in [0.4, 0.5) is 5.13 Å². The fourth-order valence-electron chi connectivity index (χ4n) is 3.04. The molecule has 1 aromatic rings. The second-order valence-electron chi connectivity index (χ2n) is 6.39. The molecule has 0 aliphatic carbocycles. The molecule has 1 fully saturated rings. The molecule has 2 rings (SSSR count). The third kappa shape index (κ3) is 4.18. The molecule has 0 amide bonds. The van der Waals surface area contributed by atoms with Crippen LogP contribution in [0, 0.1) is 18.8 Å². The zero-order valence-electron chi connectivity index (χ0n) is 14.0. The van der Waals surface area contributed by atoms with Crippen molar-refractivity contribution in [3.63, 3.8) is 0 Å². The topological polar surface area (TPSA) is 37.4 Å². The average molecular weight is 311 g/mol. The SMILES string of the molecule is COCCNCc1sc(N2CC(C)CC(C)C2C)nc1C. The Kier molecular flexibility index (Phi) is 6.02. The van der Waals surface area contributed by atoms with Gasteiger partial charge < -0.3 is 15.0 Å². The molecule has 1 aliphatic heterocycles. The Morgan fingerprint density at radius 2 is 2.14 bits per heavy atom. The summed E-state index contributed by atoms with van der Waals surface area (Å²) in [6.45, 7) is 12.8. The molecule has 3 unspecified atom stereocenters. The van der Waals surface area contributed by atoms with Crippen molar-refractivity contribution in [1.29, 1.82) is 0 Å². The van der Waals surface area contributed by atoms with Gasteiger partial charge in [0.2, 0.25) is 0 Å². The van der Waals surface area contributed by atoms with Gasteiger partial charge in [0.25, 0.3) is 0 Å². The summed E-state index contributed by atoms with van der Waals surface area (Å²) in [7, 11) is 1.73. The number of aryl methyl sites for hydroxylation is 1. The summed E-state index contributed by atoms with van der Waals surface area (Å²) < 4.78 is 5.07. The van der Waals surface area contributed by atoms with Gasteiger partial charge in [0.15, 0.2) is 5.13 Å². The molecule has 120 valence electrons. The van der Waals surface area contributed by atoms with Crippen LogP contribution in [0.15, 0.2) is 0 Å². The van der Waals surface area contributed by atoms with E-state index in [2.05, 4.69) is 37.9 Å². The van der Waals surface area contributed by atoms with Crippen LogP contribution in [0.25, 0.3) is 0 Å². The van der Waals surface area contributed by atoms with Crippen LogP contribution in [0.1, 0.15) is 37.8 Å². The number of hydrogen-bond donors (Lipinski definition) is 1. The molecule has 2 heterocycles. The molecule has 0 spiro atoms. The maximum atomic E-state index is 5.07. The lowest BCUT2D eigenvalue weighted by Crippen LogP contribution is -2.45. The van der Waals surface area contributed by atoms with Crippen LogP contribution in [-0.4, -0.2) is 37.8 Å². The van der Waals surface area contributed by atoms with Gasteiger partial charge in [0.05, 0.1) is 12.3 Å². The number of rotatable bonds is 6. The number of nitrogens with one attached hydrogen (secondary N) is 1. The van der Waals surface area contributed by atoms with Crippen LogP contribution in [-0.2, 0) is 11.3 Å². The first kappa shape index (κ1) is 16.7. The van der Waals surface area contributed by atoms with E-state index in [0.717, 1.165) is 43.8 Å². The number of thiazole rings is 1. The largest absolute Gasteiger partial charge is 0.383 e. The number of ether oxygens (including phenoxy) is 1. The van der Waals surface area contributed by atoms with E-state index < -0.39 is 0 Å². The van der Waals surface area contributed by atoms with E-state index >= 15 is 0 Å². The Balaban J connectivity index is 2.03. The van der Waals surface area contributed by atoms with Gasteiger partial charge in [-0.3, -0.25) is 0 Å². The van der Waals surface area contributed by atoms with Crippen molar-refractivity contribution in [3.05, 3.63) is 10.6 Å². The quantitative estimate of drug-likeness (QED) is 0.819. The number of hydrogen-bond acceptors (Lipinski definition) is 5. The number of aromatic nitrogens is 1. The van der Waals surface area contributed by atoms with Crippen LogP contribution < -0.4 is 10.2 Å². The van der Waals surface area contributed by atoms with E-state index in [0.29, 0.717) is 6.04 Å². The number of methoxy groups -OCH3 is 1. The third-order valence-electron chi connectivity index (χ3n) is 4.49. The number of anilines is 1. The Bertz CT molecular complexity index is 449. The van der Waals surface area contributed by atoms with Crippen LogP contribution in [0.2, 0.25) is 0 Å². The van der Waals surface area contributed by atoms with E-state index in [1.807, 2.05) is 11.3 Å². The van der Waals surface area contributed by atoms with Gasteiger partial charge in [-0.1, -0.05) is 13.8 Å². The Hall–Kier alpha value is -0.650. The van der Waals surface area contributed by atoms with Crippen molar-refractivity contribution < 1.29 is 4.74 Å². The normalized spacial score (nSPS) is 26.3. The summed E-state index contributed by atoms with van der Waals surface area (Å²) in [4.78, 5) is 8.68. The standard InChI is InChI=1S/C16H29N3OS/c1-11-8-12(2)14(4)19(10-11)16-18-13(3)15(21-16)9-17-6-7-20-5/h11-12,14,17H,6-10H2,1-5H3. The van der Waals surface area contributed by atoms with Gasteiger partial charge in [-0.05, 0) is 32.1 Å². The maximum absolute atomic E-state index is 5.07. The van der Waals surface area contributed by atoms with Gasteiger partial charge >= 0.3 is 0 Å². The summed E-state index contributed by atoms with van der Waals surface area (Å²) in [5.74, 6) is 1.49. The van der Waals surface area contributed by atoms with E-state index in [-0.39, 0.29) is 0 Å². The number of piperidine rings is 1. The maximum Gasteiger partial charge on any atom is 0.186 e. The van der Waals surface area contributed by atoms with E-state index in [1.165, 1.54) is 16.4 Å². The van der Waals surface area contributed by atoms with Crippen molar-refractivity contribution >= 4 is 16.5 Å². The van der Waals surface area contributed by atoms with Crippen molar-refractivity contribution in [2.75, 3.05) is 31.7 Å². The molecule has 3 atom stereocenters. The molecular weight excluding hydrogens is 282 g/mol. The summed E-state index contributed by atoms with van der Waals surface area (Å²) >= 11 is 1.84. The predicted molar refractivity (Wildman–Crippen MR) is 90.2 cm³/mol. The Morgan fingerprint density at radius 1 is 1.38 bits per heavy atom. The average Bonchev–Trinajstić information content (AvgIpc) is 2.80. The zero-order valence-corrected chi connectivity index (χ0v) is 14.8. The minimum absolute atomic E-state index is 0.584. The van der Waals surface area contributed by atoms with Gasteiger partial charge in [0.1, 0.15) is 0 Å². The van der Waals surface area contributed by atoms with Crippen molar-refractivity contribution in [2.24, 2.45) is 11.8 Å². The first-order chi connectivity index (χ1) is 10.0. The molecule has 21 heavy (non-hydrogen) atoms. The van der Waals surface area contributed by atoms with Gasteiger partial charge in [-0.25, -0.2) is 4.98 Å². The molecule has 4 nitrogen and oxygen atoms in total. The highest BCUT2D eigenvalue weighted by Gasteiger charge is 2.30. The molecule has 0 bridgehead atoms. The molecule has 5 heteroatoms. The highest BCUT2D eigenvalue weighted by atomic mass is 32.1. The first-order valence-corrected chi connectivity index (χ1v) is 8.77. The molecule has 1 saturated heterocycles. The Morgan fingerprint density at radius 3 is 2.86 bits per heavy atom. The lowest BCUT2D eigenvalue weighted by Gasteiger charge is -2.41. The van der Waals surface area contributed by atoms with Crippen molar-refractivity contribution in [1.82, 2.24) is 10.3 Å². The highest BCUT2D eigenvalue weighted by molar-refractivity contribution is 7.15. The summed E-state index contributed by atoms with van der Waals surface area (Å²) in [5.41, 5.74) is 1.16. The van der Waals surface area contributed by atoms with E-state index in [4.69, 9.17) is 9.72 Å². The second-order valence-corrected chi connectivity index (χ2v) is 7.45. The minimum Gasteiger partial charge on any atom is -0.383 e. The lowest BCUT2D eigenvalue weighted by atomic mass is 9.86. The van der Waals surface area contributed by atoms with Crippen molar-refractivity contribution in [2.45, 2.75) is 46.7 Å². The number of nitrogens with zero attached hydrogens (tertiary/aromatic N) is 2. The van der Waals surface area contributed by atoms with Gasteiger partial charge in [0, 0.05) is 37.7 Å². The molecule has 1 aromatic heterocycles. The predicted octanol–water partition coefficient (Wildman–Crippen LogP) is 3.06. The van der Waals surface area contributed by atoms with Gasteiger partial charge in [-0.15, -0.1) is 11.3 Å². The molecular formula is C16H29N3OS. The molecule has 0 saturated carbocycles. The zero-order chi connectivity index (χ0) is 15.4. The fraction of sp³-hybridized carbons (Fsp3) is 0.812. The molecule has 0 radical (unpaired) electrons. The minimum atomic E-state index is 0.584. The Labute approximate surface area is 132 Å². The molecule has 1 N–H and O–H groups in total. The lowest BCUT2D eigenvalue weighted by molar-refractivity contribution is 0.199. The van der Waals surface area contributed by atoms with E-state index in [1.54, 1.807) is 7.11 Å². The third-order valence-corrected chi connectivity index (χ3v) is 5.69. The molecule has 0 aromatic carbocycles. The highest BCUT2D eigenvalue weighted by Crippen LogP contribution is 2.34.